The summed E-state index contributed by atoms with van der Waals surface area (Å²) in [7, 11) is 1.20. The fourth-order valence-corrected chi connectivity index (χ4v) is 1.82. The van der Waals surface area contributed by atoms with Gasteiger partial charge in [-0.2, -0.15) is 0 Å². The molecule has 0 radical (unpaired) electrons. The zero-order valence-corrected chi connectivity index (χ0v) is 12.3. The van der Waals surface area contributed by atoms with Gasteiger partial charge in [-0.25, -0.2) is 13.6 Å². The van der Waals surface area contributed by atoms with E-state index in [1.54, 1.807) is 0 Å². The molecule has 0 fully saturated rings. The molecule has 1 aromatic carbocycles. The molecule has 1 aromatic rings. The third-order valence-electron chi connectivity index (χ3n) is 2.21. The molecule has 7 heteroatoms. The Morgan fingerprint density at radius 1 is 1.30 bits per heavy atom. The third kappa shape index (κ3) is 3.63. The molecule has 20 heavy (non-hydrogen) atoms. The van der Waals surface area contributed by atoms with Crippen LogP contribution in [-0.2, 0) is 14.3 Å². The maximum absolute atomic E-state index is 13.7. The number of Topliss-reactive ketones (excluding diaryl/α,β-unsaturated/α-hetero) is 1. The van der Waals surface area contributed by atoms with E-state index in [9.17, 15) is 18.4 Å². The molecule has 0 unspecified atom stereocenters. The highest BCUT2D eigenvalue weighted by Crippen LogP contribution is 2.22. The monoisotopic (exact) mass is 348 g/mol. The van der Waals surface area contributed by atoms with Crippen LogP contribution in [0.1, 0.15) is 17.3 Å². The van der Waals surface area contributed by atoms with Crippen molar-refractivity contribution in [1.82, 2.24) is 0 Å². The van der Waals surface area contributed by atoms with Gasteiger partial charge in [0.15, 0.2) is 0 Å². The van der Waals surface area contributed by atoms with Crippen LogP contribution in [0.4, 0.5) is 8.78 Å². The average molecular weight is 349 g/mol. The molecule has 0 bridgehead atoms. The number of rotatable bonds is 5. The van der Waals surface area contributed by atoms with Crippen LogP contribution in [0, 0.1) is 11.6 Å². The molecule has 0 N–H and O–H groups in total. The molecule has 0 amide bonds. The maximum atomic E-state index is 13.7. The topological polar surface area (TPSA) is 52.6 Å². The van der Waals surface area contributed by atoms with E-state index in [0.29, 0.717) is 0 Å². The first-order valence-corrected chi connectivity index (χ1v) is 6.31. The van der Waals surface area contributed by atoms with Crippen LogP contribution in [0.5, 0.6) is 0 Å². The van der Waals surface area contributed by atoms with Crippen molar-refractivity contribution >= 4 is 27.7 Å². The Balaban J connectivity index is 3.27. The second-order valence-corrected chi connectivity index (χ2v) is 4.48. The lowest BCUT2D eigenvalue weighted by Gasteiger charge is -2.08. The minimum atomic E-state index is -1.15. The van der Waals surface area contributed by atoms with Crippen LogP contribution in [-0.4, -0.2) is 25.5 Å². The summed E-state index contributed by atoms with van der Waals surface area (Å²) in [5.41, 5.74) is -1.43. The van der Waals surface area contributed by atoms with Crippen molar-refractivity contribution in [2.24, 2.45) is 0 Å². The number of carbonyl (C=O) groups excluding carboxylic acids is 2. The predicted octanol–water partition coefficient (Wildman–Crippen LogP) is 3.00. The first kappa shape index (κ1) is 16.3. The van der Waals surface area contributed by atoms with Gasteiger partial charge in [-0.15, -0.1) is 0 Å². The lowest BCUT2D eigenvalue weighted by Crippen LogP contribution is -2.19. The van der Waals surface area contributed by atoms with E-state index in [2.05, 4.69) is 25.4 Å². The Morgan fingerprint density at radius 2 is 1.85 bits per heavy atom. The minimum Gasteiger partial charge on any atom is -0.503 e. The van der Waals surface area contributed by atoms with Gasteiger partial charge in [-0.3, -0.25) is 4.79 Å². The van der Waals surface area contributed by atoms with Crippen molar-refractivity contribution in [2.45, 2.75) is 6.92 Å². The molecular weight excluding hydrogens is 338 g/mol. The largest absolute Gasteiger partial charge is 0.503 e. The quantitative estimate of drug-likeness (QED) is 0.205. The van der Waals surface area contributed by atoms with Crippen LogP contribution >= 0.6 is 15.9 Å². The Bertz CT molecular complexity index is 546. The van der Waals surface area contributed by atoms with Crippen molar-refractivity contribution in [3.8, 4) is 0 Å². The van der Waals surface area contributed by atoms with Gasteiger partial charge in [-0.05, 0) is 19.1 Å². The highest BCUT2D eigenvalue weighted by atomic mass is 79.9. The summed E-state index contributed by atoms with van der Waals surface area (Å²) in [6.45, 7) is 1.55. The first-order valence-electron chi connectivity index (χ1n) is 5.51. The van der Waals surface area contributed by atoms with Crippen molar-refractivity contribution in [2.75, 3.05) is 13.7 Å². The maximum Gasteiger partial charge on any atom is 0.345 e. The summed E-state index contributed by atoms with van der Waals surface area (Å²) < 4.78 is 36.8. The number of esters is 1. The zero-order valence-electron chi connectivity index (χ0n) is 10.7. The Morgan fingerprint density at radius 3 is 2.30 bits per heavy atom. The lowest BCUT2D eigenvalue weighted by atomic mass is 10.0. The molecular formula is C13H11BrF2O4. The smallest absolute Gasteiger partial charge is 0.345 e. The van der Waals surface area contributed by atoms with E-state index < -0.39 is 34.5 Å². The van der Waals surface area contributed by atoms with Crippen LogP contribution < -0.4 is 0 Å². The molecule has 1 rings (SSSR count). The second-order valence-electron chi connectivity index (χ2n) is 3.56. The van der Waals surface area contributed by atoms with Gasteiger partial charge in [0.2, 0.25) is 5.78 Å². The van der Waals surface area contributed by atoms with E-state index in [0.717, 1.165) is 18.4 Å². The SMILES string of the molecule is CCOC(=O)/C(=C\OC)C(=O)c1c(F)cc(Br)cc1F. The fraction of sp³-hybridized carbons (Fsp3) is 0.231. The number of methoxy groups -OCH3 is 1. The molecule has 0 atom stereocenters. The first-order chi connectivity index (χ1) is 9.42. The van der Waals surface area contributed by atoms with Gasteiger partial charge >= 0.3 is 5.97 Å². The summed E-state index contributed by atoms with van der Waals surface area (Å²) in [6.07, 6.45) is 0.793. The number of halogens is 3. The molecule has 0 aliphatic carbocycles. The van der Waals surface area contributed by atoms with Crippen LogP contribution in [0.25, 0.3) is 0 Å². The molecule has 0 saturated heterocycles. The van der Waals surface area contributed by atoms with Gasteiger partial charge in [0.1, 0.15) is 23.5 Å². The molecule has 0 saturated carbocycles. The Hall–Kier alpha value is -1.76. The average Bonchev–Trinajstić information content (AvgIpc) is 2.34. The highest BCUT2D eigenvalue weighted by molar-refractivity contribution is 9.10. The van der Waals surface area contributed by atoms with E-state index in [1.807, 2.05) is 0 Å². The summed E-state index contributed by atoms with van der Waals surface area (Å²) in [5, 5.41) is 0. The molecule has 4 nitrogen and oxygen atoms in total. The summed E-state index contributed by atoms with van der Waals surface area (Å²) in [5.74, 6) is -4.34. The standard InChI is InChI=1S/C13H11BrF2O4/c1-3-20-13(18)8(6-19-2)12(17)11-9(15)4-7(14)5-10(11)16/h4-6H,3H2,1-2H3/b8-6-. The summed E-state index contributed by atoms with van der Waals surface area (Å²) in [6, 6.07) is 1.85. The van der Waals surface area contributed by atoms with Gasteiger partial charge in [-0.1, -0.05) is 15.9 Å². The molecule has 0 aliphatic rings. The fourth-order valence-electron chi connectivity index (χ4n) is 1.41. The van der Waals surface area contributed by atoms with Crippen molar-refractivity contribution in [3.63, 3.8) is 0 Å². The van der Waals surface area contributed by atoms with Crippen LogP contribution in [0.3, 0.4) is 0 Å². The zero-order chi connectivity index (χ0) is 15.3. The molecule has 0 aromatic heterocycles. The Labute approximate surface area is 122 Å². The summed E-state index contributed by atoms with van der Waals surface area (Å²) in [4.78, 5) is 23.7. The minimum absolute atomic E-state index is 0.0124. The van der Waals surface area contributed by atoms with E-state index in [-0.39, 0.29) is 11.1 Å². The number of hydrogen-bond donors (Lipinski definition) is 0. The molecule has 0 spiro atoms. The van der Waals surface area contributed by atoms with Gasteiger partial charge in [0.25, 0.3) is 0 Å². The highest BCUT2D eigenvalue weighted by Gasteiger charge is 2.27. The van der Waals surface area contributed by atoms with Crippen LogP contribution in [0.15, 0.2) is 28.4 Å². The number of hydrogen-bond acceptors (Lipinski definition) is 4. The third-order valence-corrected chi connectivity index (χ3v) is 2.67. The van der Waals surface area contributed by atoms with Gasteiger partial charge in [0, 0.05) is 4.47 Å². The summed E-state index contributed by atoms with van der Waals surface area (Å²) >= 11 is 2.90. The lowest BCUT2D eigenvalue weighted by molar-refractivity contribution is -0.138. The van der Waals surface area contributed by atoms with Gasteiger partial charge < -0.3 is 9.47 Å². The normalized spacial score (nSPS) is 11.2. The van der Waals surface area contributed by atoms with Crippen molar-refractivity contribution < 1.29 is 27.8 Å². The number of ketones is 1. The number of ether oxygens (including phenoxy) is 2. The number of carbonyl (C=O) groups is 2. The molecule has 108 valence electrons. The van der Waals surface area contributed by atoms with Crippen molar-refractivity contribution in [1.29, 1.82) is 0 Å². The van der Waals surface area contributed by atoms with E-state index >= 15 is 0 Å². The van der Waals surface area contributed by atoms with Crippen LogP contribution in [0.2, 0.25) is 0 Å². The second kappa shape index (κ2) is 7.14. The van der Waals surface area contributed by atoms with E-state index in [1.165, 1.54) is 14.0 Å². The van der Waals surface area contributed by atoms with E-state index in [4.69, 9.17) is 0 Å². The Kier molecular flexibility index (Phi) is 5.82. The predicted molar refractivity (Wildman–Crippen MR) is 70.1 cm³/mol. The number of benzene rings is 1. The van der Waals surface area contributed by atoms with Gasteiger partial charge in [0.05, 0.1) is 19.3 Å². The molecule has 0 heterocycles. The molecule has 0 aliphatic heterocycles. The van der Waals surface area contributed by atoms with Crippen molar-refractivity contribution in [3.05, 3.63) is 45.6 Å².